The lowest BCUT2D eigenvalue weighted by atomic mass is 9.87. The van der Waals surface area contributed by atoms with Gasteiger partial charge in [0, 0.05) is 25.2 Å². The monoisotopic (exact) mass is 477 g/mol. The summed E-state index contributed by atoms with van der Waals surface area (Å²) >= 11 is 0. The first-order valence-electron chi connectivity index (χ1n) is 8.87. The molecular weight excluding hydrogens is 445 g/mol. The van der Waals surface area contributed by atoms with Crippen molar-refractivity contribution in [2.45, 2.75) is 45.2 Å². The molecule has 2 rings (SSSR count). The van der Waals surface area contributed by atoms with Gasteiger partial charge >= 0.3 is 0 Å². The summed E-state index contributed by atoms with van der Waals surface area (Å²) in [6, 6.07) is 4.36. The number of nitrogens with zero attached hydrogens (tertiary/aromatic N) is 1. The standard InChI is InChI=1S/C19H31N3O3.HI/c1-13-6-9-15(10-7-13)22-19(20-2)21-12-14-8-11-16(23-3)18(25-5)17(14)24-4;/h8,11,13,15H,6-7,9-10,12H2,1-5H3,(H2,20,21,22);1H. The first-order chi connectivity index (χ1) is 12.1. The van der Waals surface area contributed by atoms with Crippen molar-refractivity contribution in [2.24, 2.45) is 10.9 Å². The van der Waals surface area contributed by atoms with Crippen molar-refractivity contribution in [1.29, 1.82) is 0 Å². The second-order valence-corrected chi connectivity index (χ2v) is 6.52. The maximum Gasteiger partial charge on any atom is 0.203 e. The van der Waals surface area contributed by atoms with Gasteiger partial charge in [-0.2, -0.15) is 0 Å². The van der Waals surface area contributed by atoms with Gasteiger partial charge in [0.25, 0.3) is 0 Å². The van der Waals surface area contributed by atoms with Crippen LogP contribution in [0.5, 0.6) is 17.2 Å². The second-order valence-electron chi connectivity index (χ2n) is 6.52. The van der Waals surface area contributed by atoms with Crippen LogP contribution in [0.4, 0.5) is 0 Å². The quantitative estimate of drug-likeness (QED) is 0.373. The van der Waals surface area contributed by atoms with Crippen LogP contribution < -0.4 is 24.8 Å². The molecule has 1 saturated carbocycles. The Labute approximate surface area is 174 Å². The third-order valence-corrected chi connectivity index (χ3v) is 4.81. The zero-order chi connectivity index (χ0) is 18.2. The molecule has 0 bridgehead atoms. The summed E-state index contributed by atoms with van der Waals surface area (Å²) in [4.78, 5) is 4.35. The van der Waals surface area contributed by atoms with Crippen molar-refractivity contribution in [3.05, 3.63) is 17.7 Å². The molecule has 1 aromatic carbocycles. The normalized spacial score (nSPS) is 20.0. The molecule has 1 aromatic rings. The van der Waals surface area contributed by atoms with E-state index in [-0.39, 0.29) is 24.0 Å². The molecule has 0 amide bonds. The van der Waals surface area contributed by atoms with Crippen LogP contribution in [-0.4, -0.2) is 40.4 Å². The number of rotatable bonds is 6. The van der Waals surface area contributed by atoms with Crippen molar-refractivity contribution in [1.82, 2.24) is 10.6 Å². The van der Waals surface area contributed by atoms with Gasteiger partial charge < -0.3 is 24.8 Å². The van der Waals surface area contributed by atoms with Crippen LogP contribution in [0, 0.1) is 5.92 Å². The van der Waals surface area contributed by atoms with Gasteiger partial charge in [0.2, 0.25) is 5.75 Å². The second kappa shape index (κ2) is 11.4. The Morgan fingerprint density at radius 2 is 1.69 bits per heavy atom. The first kappa shape index (κ1) is 22.7. The van der Waals surface area contributed by atoms with E-state index in [0.717, 1.165) is 17.4 Å². The molecule has 0 unspecified atom stereocenters. The van der Waals surface area contributed by atoms with E-state index in [4.69, 9.17) is 14.2 Å². The maximum atomic E-state index is 5.53. The maximum absolute atomic E-state index is 5.53. The number of methoxy groups -OCH3 is 3. The average Bonchev–Trinajstić information content (AvgIpc) is 2.65. The fraction of sp³-hybridized carbons (Fsp3) is 0.632. The van der Waals surface area contributed by atoms with Gasteiger partial charge in [0.05, 0.1) is 21.3 Å². The molecule has 0 aromatic heterocycles. The lowest BCUT2D eigenvalue weighted by Crippen LogP contribution is -2.44. The van der Waals surface area contributed by atoms with E-state index in [2.05, 4.69) is 22.5 Å². The third kappa shape index (κ3) is 5.82. The summed E-state index contributed by atoms with van der Waals surface area (Å²) in [6.07, 6.45) is 4.94. The van der Waals surface area contributed by atoms with E-state index in [1.54, 1.807) is 28.4 Å². The van der Waals surface area contributed by atoms with Gasteiger partial charge in [-0.3, -0.25) is 4.99 Å². The highest BCUT2D eigenvalue weighted by atomic mass is 127. The highest BCUT2D eigenvalue weighted by Crippen LogP contribution is 2.39. The molecule has 6 nitrogen and oxygen atoms in total. The minimum absolute atomic E-state index is 0. The van der Waals surface area contributed by atoms with Crippen LogP contribution in [0.1, 0.15) is 38.2 Å². The number of hydrogen-bond acceptors (Lipinski definition) is 4. The van der Waals surface area contributed by atoms with Crippen molar-refractivity contribution < 1.29 is 14.2 Å². The van der Waals surface area contributed by atoms with E-state index < -0.39 is 0 Å². The summed E-state index contributed by atoms with van der Waals surface area (Å²) in [7, 11) is 6.66. The largest absolute Gasteiger partial charge is 0.493 e. The Balaban J connectivity index is 0.00000338. The van der Waals surface area contributed by atoms with Gasteiger partial charge in [-0.15, -0.1) is 24.0 Å². The molecule has 0 spiro atoms. The highest BCUT2D eigenvalue weighted by molar-refractivity contribution is 14.0. The van der Waals surface area contributed by atoms with Crippen molar-refractivity contribution in [3.8, 4) is 17.2 Å². The van der Waals surface area contributed by atoms with E-state index in [9.17, 15) is 0 Å². The molecule has 0 saturated heterocycles. The molecule has 0 heterocycles. The lowest BCUT2D eigenvalue weighted by Gasteiger charge is -2.28. The van der Waals surface area contributed by atoms with E-state index in [1.165, 1.54) is 25.7 Å². The predicted octanol–water partition coefficient (Wildman–Crippen LogP) is 3.57. The highest BCUT2D eigenvalue weighted by Gasteiger charge is 2.20. The van der Waals surface area contributed by atoms with E-state index in [1.807, 2.05) is 12.1 Å². The molecule has 0 aliphatic heterocycles. The van der Waals surface area contributed by atoms with E-state index >= 15 is 0 Å². The number of hydrogen-bond donors (Lipinski definition) is 2. The molecule has 7 heteroatoms. The average molecular weight is 477 g/mol. The minimum atomic E-state index is 0. The van der Waals surface area contributed by atoms with Crippen LogP contribution in [0.15, 0.2) is 17.1 Å². The van der Waals surface area contributed by atoms with Crippen LogP contribution in [-0.2, 0) is 6.54 Å². The molecule has 0 atom stereocenters. The lowest BCUT2D eigenvalue weighted by molar-refractivity contribution is 0.321. The van der Waals surface area contributed by atoms with Gasteiger partial charge in [-0.1, -0.05) is 6.92 Å². The third-order valence-electron chi connectivity index (χ3n) is 4.81. The molecule has 0 radical (unpaired) electrons. The molecular formula is C19H32IN3O3. The predicted molar refractivity (Wildman–Crippen MR) is 116 cm³/mol. The number of nitrogens with one attached hydrogen (secondary N) is 2. The van der Waals surface area contributed by atoms with Crippen molar-refractivity contribution >= 4 is 29.9 Å². The Kier molecular flexibility index (Phi) is 9.90. The number of halogens is 1. The van der Waals surface area contributed by atoms with Gasteiger partial charge in [0.15, 0.2) is 17.5 Å². The molecule has 1 fully saturated rings. The topological polar surface area (TPSA) is 64.1 Å². The number of guanidine groups is 1. The zero-order valence-electron chi connectivity index (χ0n) is 16.4. The van der Waals surface area contributed by atoms with Crippen LogP contribution >= 0.6 is 24.0 Å². The summed E-state index contributed by atoms with van der Waals surface area (Å²) in [5.74, 6) is 3.59. The van der Waals surface area contributed by atoms with Crippen molar-refractivity contribution in [3.63, 3.8) is 0 Å². The summed E-state index contributed by atoms with van der Waals surface area (Å²) < 4.78 is 16.3. The Morgan fingerprint density at radius 1 is 1.04 bits per heavy atom. The van der Waals surface area contributed by atoms with E-state index in [0.29, 0.717) is 29.8 Å². The first-order valence-corrected chi connectivity index (χ1v) is 8.87. The SMILES string of the molecule is CN=C(NCc1ccc(OC)c(OC)c1OC)NC1CCC(C)CC1.I. The zero-order valence-corrected chi connectivity index (χ0v) is 18.8. The number of aliphatic imine (C=N–C) groups is 1. The van der Waals surface area contributed by atoms with Gasteiger partial charge in [-0.25, -0.2) is 0 Å². The Morgan fingerprint density at radius 3 is 2.23 bits per heavy atom. The molecule has 148 valence electrons. The summed E-state index contributed by atoms with van der Waals surface area (Å²) in [5, 5.41) is 6.90. The van der Waals surface area contributed by atoms with Crippen molar-refractivity contribution in [2.75, 3.05) is 28.4 Å². The number of benzene rings is 1. The molecule has 26 heavy (non-hydrogen) atoms. The molecule has 1 aliphatic rings. The van der Waals surface area contributed by atoms with Crippen LogP contribution in [0.25, 0.3) is 0 Å². The number of ether oxygens (including phenoxy) is 3. The van der Waals surface area contributed by atoms with Crippen LogP contribution in [0.3, 0.4) is 0 Å². The van der Waals surface area contributed by atoms with Gasteiger partial charge in [0.1, 0.15) is 0 Å². The minimum Gasteiger partial charge on any atom is -0.493 e. The molecule has 1 aliphatic carbocycles. The Hall–Kier alpha value is -1.38. The smallest absolute Gasteiger partial charge is 0.203 e. The van der Waals surface area contributed by atoms with Gasteiger partial charge in [-0.05, 0) is 43.7 Å². The fourth-order valence-electron chi connectivity index (χ4n) is 3.27. The summed E-state index contributed by atoms with van der Waals surface area (Å²) in [6.45, 7) is 2.92. The molecule has 2 N–H and O–H groups in total. The fourth-order valence-corrected chi connectivity index (χ4v) is 3.27. The van der Waals surface area contributed by atoms with Crippen LogP contribution in [0.2, 0.25) is 0 Å². The Bertz CT molecular complexity index is 588. The summed E-state index contributed by atoms with van der Waals surface area (Å²) in [5.41, 5.74) is 0.986.